The molecule has 0 aromatic heterocycles. The van der Waals surface area contributed by atoms with E-state index in [9.17, 15) is 0 Å². The fourth-order valence-corrected chi connectivity index (χ4v) is 2.60. The standard InChI is InChI=1S/C17H28N2/c1-4-14-6-8-15(9-7-14)17(5-2)18-12-13-19(3)16-10-11-16/h6-9,16-18H,4-5,10-13H2,1-3H3. The Morgan fingerprint density at radius 3 is 2.42 bits per heavy atom. The molecule has 106 valence electrons. The van der Waals surface area contributed by atoms with Crippen molar-refractivity contribution in [1.82, 2.24) is 10.2 Å². The highest BCUT2D eigenvalue weighted by atomic mass is 15.2. The lowest BCUT2D eigenvalue weighted by molar-refractivity contribution is 0.313. The molecular weight excluding hydrogens is 232 g/mol. The minimum atomic E-state index is 0.499. The van der Waals surface area contributed by atoms with Crippen molar-refractivity contribution in [1.29, 1.82) is 0 Å². The van der Waals surface area contributed by atoms with Crippen LogP contribution in [0.15, 0.2) is 24.3 Å². The fraction of sp³-hybridized carbons (Fsp3) is 0.647. The maximum Gasteiger partial charge on any atom is 0.0318 e. The molecule has 0 heterocycles. The zero-order valence-electron chi connectivity index (χ0n) is 12.7. The largest absolute Gasteiger partial charge is 0.309 e. The predicted octanol–water partition coefficient (Wildman–Crippen LogP) is 3.38. The van der Waals surface area contributed by atoms with Crippen LogP contribution in [0.1, 0.15) is 50.3 Å². The Kier molecular flexibility index (Phi) is 5.41. The second kappa shape index (κ2) is 7.06. The summed E-state index contributed by atoms with van der Waals surface area (Å²) in [7, 11) is 2.25. The molecule has 19 heavy (non-hydrogen) atoms. The summed E-state index contributed by atoms with van der Waals surface area (Å²) in [4.78, 5) is 2.49. The Labute approximate surface area is 118 Å². The number of rotatable bonds is 8. The van der Waals surface area contributed by atoms with Crippen LogP contribution in [0.4, 0.5) is 0 Å². The summed E-state index contributed by atoms with van der Waals surface area (Å²) in [6.07, 6.45) is 5.06. The molecule has 2 heteroatoms. The number of nitrogens with zero attached hydrogens (tertiary/aromatic N) is 1. The first-order chi connectivity index (χ1) is 9.24. The molecule has 0 amide bonds. The van der Waals surface area contributed by atoms with Crippen molar-refractivity contribution < 1.29 is 0 Å². The highest BCUT2D eigenvalue weighted by Gasteiger charge is 2.25. The Morgan fingerprint density at radius 2 is 1.89 bits per heavy atom. The molecule has 2 nitrogen and oxygen atoms in total. The first kappa shape index (κ1) is 14.5. The van der Waals surface area contributed by atoms with Crippen molar-refractivity contribution in [2.24, 2.45) is 0 Å². The van der Waals surface area contributed by atoms with E-state index in [1.807, 2.05) is 0 Å². The van der Waals surface area contributed by atoms with Crippen LogP contribution in [0.3, 0.4) is 0 Å². The zero-order chi connectivity index (χ0) is 13.7. The molecular formula is C17H28N2. The molecule has 1 aliphatic carbocycles. The number of likely N-dealkylation sites (N-methyl/N-ethyl adjacent to an activating group) is 1. The summed E-state index contributed by atoms with van der Waals surface area (Å²) in [6, 6.07) is 10.4. The summed E-state index contributed by atoms with van der Waals surface area (Å²) in [6.45, 7) is 6.71. The summed E-state index contributed by atoms with van der Waals surface area (Å²) < 4.78 is 0. The van der Waals surface area contributed by atoms with Gasteiger partial charge in [-0.3, -0.25) is 0 Å². The lowest BCUT2D eigenvalue weighted by Gasteiger charge is -2.21. The van der Waals surface area contributed by atoms with Crippen LogP contribution in [0.2, 0.25) is 0 Å². The molecule has 1 saturated carbocycles. The Bertz CT molecular complexity index is 367. The first-order valence-corrected chi connectivity index (χ1v) is 7.77. The third kappa shape index (κ3) is 4.32. The number of hydrogen-bond acceptors (Lipinski definition) is 2. The van der Waals surface area contributed by atoms with E-state index in [0.29, 0.717) is 6.04 Å². The van der Waals surface area contributed by atoms with Gasteiger partial charge >= 0.3 is 0 Å². The third-order valence-corrected chi connectivity index (χ3v) is 4.22. The van der Waals surface area contributed by atoms with E-state index >= 15 is 0 Å². The van der Waals surface area contributed by atoms with E-state index in [-0.39, 0.29) is 0 Å². The predicted molar refractivity (Wildman–Crippen MR) is 82.5 cm³/mol. The normalized spacial score (nSPS) is 16.8. The highest BCUT2D eigenvalue weighted by molar-refractivity contribution is 5.25. The van der Waals surface area contributed by atoms with Crippen molar-refractivity contribution in [3.8, 4) is 0 Å². The molecule has 2 rings (SSSR count). The van der Waals surface area contributed by atoms with Gasteiger partial charge in [0.1, 0.15) is 0 Å². The van der Waals surface area contributed by atoms with Gasteiger partial charge in [-0.05, 0) is 43.9 Å². The number of nitrogens with one attached hydrogen (secondary N) is 1. The van der Waals surface area contributed by atoms with Crippen LogP contribution >= 0.6 is 0 Å². The molecule has 1 aliphatic rings. The van der Waals surface area contributed by atoms with Crippen molar-refractivity contribution >= 4 is 0 Å². The molecule has 1 unspecified atom stereocenters. The summed E-state index contributed by atoms with van der Waals surface area (Å²) in [5.74, 6) is 0. The second-order valence-electron chi connectivity index (χ2n) is 5.72. The van der Waals surface area contributed by atoms with Crippen LogP contribution in [-0.4, -0.2) is 31.1 Å². The molecule has 1 atom stereocenters. The minimum Gasteiger partial charge on any atom is -0.309 e. The van der Waals surface area contributed by atoms with Crippen LogP contribution in [0.5, 0.6) is 0 Å². The minimum absolute atomic E-state index is 0.499. The Balaban J connectivity index is 1.80. The average molecular weight is 260 g/mol. The van der Waals surface area contributed by atoms with Crippen molar-refractivity contribution in [3.05, 3.63) is 35.4 Å². The van der Waals surface area contributed by atoms with Gasteiger partial charge in [-0.1, -0.05) is 38.1 Å². The van der Waals surface area contributed by atoms with Gasteiger partial charge in [0.25, 0.3) is 0 Å². The van der Waals surface area contributed by atoms with Gasteiger partial charge < -0.3 is 10.2 Å². The quantitative estimate of drug-likeness (QED) is 0.771. The van der Waals surface area contributed by atoms with Gasteiger partial charge in [-0.25, -0.2) is 0 Å². The summed E-state index contributed by atoms with van der Waals surface area (Å²) in [5.41, 5.74) is 2.85. The highest BCUT2D eigenvalue weighted by Crippen LogP contribution is 2.24. The van der Waals surface area contributed by atoms with Gasteiger partial charge in [0, 0.05) is 25.2 Å². The van der Waals surface area contributed by atoms with Gasteiger partial charge in [0.2, 0.25) is 0 Å². The van der Waals surface area contributed by atoms with Gasteiger partial charge in [0.15, 0.2) is 0 Å². The van der Waals surface area contributed by atoms with Gasteiger partial charge in [-0.15, -0.1) is 0 Å². The lowest BCUT2D eigenvalue weighted by atomic mass is 10.0. The molecule has 1 N–H and O–H groups in total. The van der Waals surface area contributed by atoms with Crippen molar-refractivity contribution in [2.45, 2.75) is 51.6 Å². The van der Waals surface area contributed by atoms with Crippen LogP contribution in [0, 0.1) is 0 Å². The number of benzene rings is 1. The third-order valence-electron chi connectivity index (χ3n) is 4.22. The summed E-state index contributed by atoms with van der Waals surface area (Å²) >= 11 is 0. The average Bonchev–Trinajstić information content (AvgIpc) is 3.28. The van der Waals surface area contributed by atoms with E-state index < -0.39 is 0 Å². The molecule has 0 spiro atoms. The topological polar surface area (TPSA) is 15.3 Å². The molecule has 0 aliphatic heterocycles. The summed E-state index contributed by atoms with van der Waals surface area (Å²) in [5, 5.41) is 3.70. The molecule has 0 bridgehead atoms. The van der Waals surface area contributed by atoms with Crippen LogP contribution in [-0.2, 0) is 6.42 Å². The van der Waals surface area contributed by atoms with Crippen LogP contribution < -0.4 is 5.32 Å². The molecule has 1 aromatic carbocycles. The van der Waals surface area contributed by atoms with E-state index in [0.717, 1.165) is 32.0 Å². The first-order valence-electron chi connectivity index (χ1n) is 7.77. The van der Waals surface area contributed by atoms with E-state index in [1.165, 1.54) is 24.0 Å². The zero-order valence-corrected chi connectivity index (χ0v) is 12.7. The lowest BCUT2D eigenvalue weighted by Crippen LogP contribution is -2.32. The Morgan fingerprint density at radius 1 is 1.21 bits per heavy atom. The SMILES string of the molecule is CCc1ccc(C(CC)NCCN(C)C2CC2)cc1. The molecule has 0 saturated heterocycles. The molecule has 0 radical (unpaired) electrons. The fourth-order valence-electron chi connectivity index (χ4n) is 2.60. The molecule has 1 fully saturated rings. The maximum atomic E-state index is 3.70. The number of aryl methyl sites for hydroxylation is 1. The van der Waals surface area contributed by atoms with E-state index in [4.69, 9.17) is 0 Å². The smallest absolute Gasteiger partial charge is 0.0318 e. The van der Waals surface area contributed by atoms with E-state index in [2.05, 4.69) is 55.4 Å². The van der Waals surface area contributed by atoms with Gasteiger partial charge in [0.05, 0.1) is 0 Å². The molecule has 1 aromatic rings. The van der Waals surface area contributed by atoms with Crippen LogP contribution in [0.25, 0.3) is 0 Å². The van der Waals surface area contributed by atoms with E-state index in [1.54, 1.807) is 0 Å². The maximum absolute atomic E-state index is 3.70. The van der Waals surface area contributed by atoms with Crippen molar-refractivity contribution in [2.75, 3.05) is 20.1 Å². The monoisotopic (exact) mass is 260 g/mol. The Hall–Kier alpha value is -0.860. The second-order valence-corrected chi connectivity index (χ2v) is 5.72. The van der Waals surface area contributed by atoms with Crippen molar-refractivity contribution in [3.63, 3.8) is 0 Å². The number of hydrogen-bond donors (Lipinski definition) is 1. The van der Waals surface area contributed by atoms with Gasteiger partial charge in [-0.2, -0.15) is 0 Å².